The molecule has 0 aromatic heterocycles. The number of rotatable bonds is 4. The van der Waals surface area contributed by atoms with Gasteiger partial charge in [0.25, 0.3) is 0 Å². The lowest BCUT2D eigenvalue weighted by molar-refractivity contribution is -0.136. The quantitative estimate of drug-likeness (QED) is 0.825. The third-order valence-corrected chi connectivity index (χ3v) is 3.32. The fourth-order valence-corrected chi connectivity index (χ4v) is 2.37. The van der Waals surface area contributed by atoms with Crippen molar-refractivity contribution in [1.82, 2.24) is 10.2 Å². The maximum absolute atomic E-state index is 11.8. The molecule has 2 N–H and O–H groups in total. The Kier molecular flexibility index (Phi) is 4.16. The van der Waals surface area contributed by atoms with Crippen molar-refractivity contribution in [2.24, 2.45) is 0 Å². The Hall–Kier alpha value is -1.88. The molecule has 1 amide bonds. The number of hydrogen-bond acceptors (Lipinski definition) is 3. The molecule has 0 saturated carbocycles. The van der Waals surface area contributed by atoms with E-state index in [1.54, 1.807) is 7.05 Å². The summed E-state index contributed by atoms with van der Waals surface area (Å²) >= 11 is 0. The maximum Gasteiger partial charge on any atom is 0.307 e. The Labute approximate surface area is 112 Å². The van der Waals surface area contributed by atoms with Crippen molar-refractivity contribution >= 4 is 11.9 Å². The van der Waals surface area contributed by atoms with Crippen molar-refractivity contribution in [1.29, 1.82) is 0 Å². The summed E-state index contributed by atoms with van der Waals surface area (Å²) in [6.45, 7) is 1.64. The topological polar surface area (TPSA) is 69.6 Å². The summed E-state index contributed by atoms with van der Waals surface area (Å²) in [5.74, 6) is -0.754. The Morgan fingerprint density at radius 2 is 2.16 bits per heavy atom. The Balaban J connectivity index is 2.13. The van der Waals surface area contributed by atoms with Gasteiger partial charge in [-0.2, -0.15) is 0 Å². The number of aliphatic carboxylic acids is 1. The van der Waals surface area contributed by atoms with Crippen molar-refractivity contribution in [2.75, 3.05) is 20.1 Å². The summed E-state index contributed by atoms with van der Waals surface area (Å²) < 4.78 is 0. The van der Waals surface area contributed by atoms with Crippen LogP contribution in [0.15, 0.2) is 18.2 Å². The average Bonchev–Trinajstić information content (AvgIpc) is 2.37. The molecule has 0 aliphatic carbocycles. The number of nitrogens with one attached hydrogen (secondary N) is 1. The molecular weight excluding hydrogens is 244 g/mol. The molecule has 0 atom stereocenters. The largest absolute Gasteiger partial charge is 0.481 e. The SMILES string of the molecule is CNCC(=O)N1CCc2ccc(CC(=O)O)cc2C1. The number of carbonyl (C=O) groups is 2. The first-order valence-electron chi connectivity index (χ1n) is 6.35. The number of amides is 1. The molecule has 1 aliphatic heterocycles. The van der Waals surface area contributed by atoms with Crippen LogP contribution in [0.4, 0.5) is 0 Å². The summed E-state index contributed by atoms with van der Waals surface area (Å²) in [5.41, 5.74) is 3.06. The fraction of sp³-hybridized carbons (Fsp3) is 0.429. The standard InChI is InChI=1S/C14H18N2O3/c1-15-8-13(17)16-5-4-11-3-2-10(7-14(18)19)6-12(11)9-16/h2-3,6,15H,4-5,7-9H2,1H3,(H,18,19). The molecule has 1 aromatic rings. The van der Waals surface area contributed by atoms with Gasteiger partial charge in [0.15, 0.2) is 0 Å². The third kappa shape index (κ3) is 3.32. The zero-order chi connectivity index (χ0) is 13.8. The number of likely N-dealkylation sites (N-methyl/N-ethyl adjacent to an activating group) is 1. The van der Waals surface area contributed by atoms with Crippen molar-refractivity contribution in [2.45, 2.75) is 19.4 Å². The van der Waals surface area contributed by atoms with Gasteiger partial charge in [-0.25, -0.2) is 0 Å². The van der Waals surface area contributed by atoms with E-state index in [-0.39, 0.29) is 12.3 Å². The molecule has 0 fully saturated rings. The highest BCUT2D eigenvalue weighted by atomic mass is 16.4. The number of carboxylic acid groups (broad SMARTS) is 1. The third-order valence-electron chi connectivity index (χ3n) is 3.32. The first-order valence-corrected chi connectivity index (χ1v) is 6.35. The van der Waals surface area contributed by atoms with E-state index in [9.17, 15) is 9.59 Å². The van der Waals surface area contributed by atoms with E-state index in [0.29, 0.717) is 13.1 Å². The second-order valence-electron chi connectivity index (χ2n) is 4.77. The number of benzene rings is 1. The second kappa shape index (κ2) is 5.84. The summed E-state index contributed by atoms with van der Waals surface area (Å²) in [6, 6.07) is 5.74. The molecule has 102 valence electrons. The fourth-order valence-electron chi connectivity index (χ4n) is 2.37. The van der Waals surface area contributed by atoms with Crippen LogP contribution in [0, 0.1) is 0 Å². The minimum Gasteiger partial charge on any atom is -0.481 e. The zero-order valence-corrected chi connectivity index (χ0v) is 11.0. The number of carbonyl (C=O) groups excluding carboxylic acids is 1. The molecule has 1 heterocycles. The van der Waals surface area contributed by atoms with Gasteiger partial charge in [0, 0.05) is 13.1 Å². The van der Waals surface area contributed by atoms with Crippen LogP contribution < -0.4 is 5.32 Å². The summed E-state index contributed by atoms with van der Waals surface area (Å²) in [5, 5.41) is 11.7. The van der Waals surface area contributed by atoms with Gasteiger partial charge in [0.1, 0.15) is 0 Å². The molecule has 0 radical (unpaired) electrons. The van der Waals surface area contributed by atoms with Gasteiger partial charge >= 0.3 is 5.97 Å². The number of carboxylic acids is 1. The highest BCUT2D eigenvalue weighted by molar-refractivity contribution is 5.78. The Bertz CT molecular complexity index is 499. The highest BCUT2D eigenvalue weighted by Crippen LogP contribution is 2.20. The van der Waals surface area contributed by atoms with E-state index < -0.39 is 5.97 Å². The molecule has 1 aromatic carbocycles. The molecule has 1 aliphatic rings. The van der Waals surface area contributed by atoms with E-state index in [1.807, 2.05) is 23.1 Å². The van der Waals surface area contributed by atoms with Crippen LogP contribution in [0.5, 0.6) is 0 Å². The summed E-state index contributed by atoms with van der Waals surface area (Å²) in [7, 11) is 1.75. The lowest BCUT2D eigenvalue weighted by Gasteiger charge is -2.29. The Morgan fingerprint density at radius 1 is 1.37 bits per heavy atom. The van der Waals surface area contributed by atoms with Gasteiger partial charge in [-0.3, -0.25) is 9.59 Å². The molecule has 0 bridgehead atoms. The van der Waals surface area contributed by atoms with Crippen LogP contribution in [-0.4, -0.2) is 42.0 Å². The predicted molar refractivity (Wildman–Crippen MR) is 70.8 cm³/mol. The van der Waals surface area contributed by atoms with Crippen LogP contribution in [0.1, 0.15) is 16.7 Å². The van der Waals surface area contributed by atoms with Gasteiger partial charge in [-0.05, 0) is 30.2 Å². The van der Waals surface area contributed by atoms with Crippen LogP contribution in [0.25, 0.3) is 0 Å². The first kappa shape index (κ1) is 13.5. The minimum atomic E-state index is -0.834. The lowest BCUT2D eigenvalue weighted by atomic mass is 9.96. The summed E-state index contributed by atoms with van der Waals surface area (Å²) in [4.78, 5) is 24.4. The van der Waals surface area contributed by atoms with Gasteiger partial charge < -0.3 is 15.3 Å². The molecular formula is C14H18N2O3. The van der Waals surface area contributed by atoms with E-state index in [2.05, 4.69) is 5.32 Å². The molecule has 2 rings (SSSR count). The van der Waals surface area contributed by atoms with Crippen molar-refractivity contribution in [3.05, 3.63) is 34.9 Å². The minimum absolute atomic E-state index is 0.0255. The van der Waals surface area contributed by atoms with E-state index in [0.717, 1.165) is 24.1 Å². The number of fused-ring (bicyclic) bond motifs is 1. The monoisotopic (exact) mass is 262 g/mol. The predicted octanol–water partition coefficient (Wildman–Crippen LogP) is 0.418. The molecule has 0 saturated heterocycles. The maximum atomic E-state index is 11.8. The van der Waals surface area contributed by atoms with E-state index in [1.165, 1.54) is 5.56 Å². The van der Waals surface area contributed by atoms with Gasteiger partial charge in [0.2, 0.25) is 5.91 Å². The Morgan fingerprint density at radius 3 is 2.84 bits per heavy atom. The normalized spacial score (nSPS) is 14.1. The van der Waals surface area contributed by atoms with Gasteiger partial charge in [-0.15, -0.1) is 0 Å². The molecule has 5 nitrogen and oxygen atoms in total. The first-order chi connectivity index (χ1) is 9.10. The van der Waals surface area contributed by atoms with Crippen molar-refractivity contribution in [3.8, 4) is 0 Å². The highest BCUT2D eigenvalue weighted by Gasteiger charge is 2.20. The van der Waals surface area contributed by atoms with E-state index >= 15 is 0 Å². The molecule has 0 spiro atoms. The van der Waals surface area contributed by atoms with Crippen LogP contribution in [0.3, 0.4) is 0 Å². The molecule has 19 heavy (non-hydrogen) atoms. The van der Waals surface area contributed by atoms with E-state index in [4.69, 9.17) is 5.11 Å². The van der Waals surface area contributed by atoms with Crippen LogP contribution in [0.2, 0.25) is 0 Å². The van der Waals surface area contributed by atoms with Gasteiger partial charge in [0.05, 0.1) is 13.0 Å². The van der Waals surface area contributed by atoms with Crippen LogP contribution >= 0.6 is 0 Å². The second-order valence-corrected chi connectivity index (χ2v) is 4.77. The summed E-state index contributed by atoms with van der Waals surface area (Å²) in [6.07, 6.45) is 0.857. The molecule has 0 unspecified atom stereocenters. The van der Waals surface area contributed by atoms with Crippen molar-refractivity contribution in [3.63, 3.8) is 0 Å². The number of hydrogen-bond donors (Lipinski definition) is 2. The van der Waals surface area contributed by atoms with Crippen LogP contribution in [-0.2, 0) is 29.0 Å². The lowest BCUT2D eigenvalue weighted by Crippen LogP contribution is -2.40. The smallest absolute Gasteiger partial charge is 0.307 e. The average molecular weight is 262 g/mol. The van der Waals surface area contributed by atoms with Crippen molar-refractivity contribution < 1.29 is 14.7 Å². The number of nitrogens with zero attached hydrogens (tertiary/aromatic N) is 1. The zero-order valence-electron chi connectivity index (χ0n) is 11.0. The van der Waals surface area contributed by atoms with Gasteiger partial charge in [-0.1, -0.05) is 18.2 Å². The molecule has 5 heteroatoms.